The molecule has 0 spiro atoms. The van der Waals surface area contributed by atoms with Crippen LogP contribution in [0.5, 0.6) is 34.5 Å². The summed E-state index contributed by atoms with van der Waals surface area (Å²) in [6.07, 6.45) is 0. The summed E-state index contributed by atoms with van der Waals surface area (Å²) < 4.78 is 33.0. The van der Waals surface area contributed by atoms with Gasteiger partial charge in [-0.1, -0.05) is 6.07 Å². The summed E-state index contributed by atoms with van der Waals surface area (Å²) in [6, 6.07) is 20.0. The van der Waals surface area contributed by atoms with Crippen LogP contribution >= 0.6 is 11.3 Å². The van der Waals surface area contributed by atoms with Gasteiger partial charge in [0, 0.05) is 15.3 Å². The number of thiophene rings is 1. The molecule has 0 aliphatic heterocycles. The van der Waals surface area contributed by atoms with E-state index in [1.165, 1.54) is 0 Å². The molecule has 0 unspecified atom stereocenters. The van der Waals surface area contributed by atoms with E-state index in [0.717, 1.165) is 32.0 Å². The summed E-state index contributed by atoms with van der Waals surface area (Å²) >= 11 is 1.68. The molecule has 0 saturated heterocycles. The number of hydrogen-bond acceptors (Lipinski definition) is 7. The summed E-state index contributed by atoms with van der Waals surface area (Å²) in [4.78, 5) is 2.17. The van der Waals surface area contributed by atoms with Gasteiger partial charge in [0.2, 0.25) is 0 Å². The Kier molecular flexibility index (Phi) is 7.36. The third-order valence-corrected chi connectivity index (χ3v) is 6.97. The Morgan fingerprint density at radius 1 is 0.429 bits per heavy atom. The Labute approximate surface area is 209 Å². The topological polar surface area (TPSA) is 55.4 Å². The number of benzene rings is 3. The molecule has 1 aromatic heterocycles. The minimum absolute atomic E-state index is 0.669. The lowest BCUT2D eigenvalue weighted by Crippen LogP contribution is -1.92. The predicted octanol–water partition coefficient (Wildman–Crippen LogP) is 6.80. The highest BCUT2D eigenvalue weighted by Gasteiger charge is 2.18. The molecular formula is C28H28O6S. The SMILES string of the molecule is COc1ccc(-c2cc(-c3ccc(OC)c(OC)c3)c(-c3ccc(OC)c(OC)c3)s2)cc1OC. The van der Waals surface area contributed by atoms with Gasteiger partial charge in [-0.15, -0.1) is 11.3 Å². The molecule has 182 valence electrons. The molecule has 4 aromatic rings. The van der Waals surface area contributed by atoms with Crippen LogP contribution in [0.2, 0.25) is 0 Å². The lowest BCUT2D eigenvalue weighted by Gasteiger charge is -2.12. The minimum atomic E-state index is 0.669. The maximum absolute atomic E-state index is 5.57. The van der Waals surface area contributed by atoms with Crippen molar-refractivity contribution in [2.24, 2.45) is 0 Å². The van der Waals surface area contributed by atoms with Crippen molar-refractivity contribution in [3.63, 3.8) is 0 Å². The lowest BCUT2D eigenvalue weighted by molar-refractivity contribution is 0.355. The largest absolute Gasteiger partial charge is 0.493 e. The van der Waals surface area contributed by atoms with Crippen LogP contribution in [-0.2, 0) is 0 Å². The molecule has 6 nitrogen and oxygen atoms in total. The highest BCUT2D eigenvalue weighted by Crippen LogP contribution is 2.47. The maximum Gasteiger partial charge on any atom is 0.161 e. The number of methoxy groups -OCH3 is 6. The first kappa shape index (κ1) is 24.3. The number of hydrogen-bond donors (Lipinski definition) is 0. The number of rotatable bonds is 9. The van der Waals surface area contributed by atoms with E-state index in [0.29, 0.717) is 34.5 Å². The van der Waals surface area contributed by atoms with Crippen molar-refractivity contribution in [1.82, 2.24) is 0 Å². The molecule has 4 rings (SSSR count). The average Bonchev–Trinajstić information content (AvgIpc) is 3.37. The van der Waals surface area contributed by atoms with Crippen molar-refractivity contribution >= 4 is 11.3 Å². The van der Waals surface area contributed by atoms with E-state index < -0.39 is 0 Å². The van der Waals surface area contributed by atoms with Crippen molar-refractivity contribution < 1.29 is 28.4 Å². The molecule has 0 N–H and O–H groups in total. The van der Waals surface area contributed by atoms with E-state index in [1.54, 1.807) is 54.0 Å². The fourth-order valence-electron chi connectivity index (χ4n) is 3.93. The van der Waals surface area contributed by atoms with Gasteiger partial charge < -0.3 is 28.4 Å². The van der Waals surface area contributed by atoms with Crippen LogP contribution in [0.1, 0.15) is 0 Å². The first-order valence-electron chi connectivity index (χ1n) is 10.9. The van der Waals surface area contributed by atoms with Crippen molar-refractivity contribution in [3.05, 3.63) is 60.7 Å². The zero-order valence-electron chi connectivity index (χ0n) is 20.6. The Morgan fingerprint density at radius 3 is 1.31 bits per heavy atom. The van der Waals surface area contributed by atoms with Gasteiger partial charge in [0.25, 0.3) is 0 Å². The van der Waals surface area contributed by atoms with E-state index in [1.807, 2.05) is 54.6 Å². The zero-order chi connectivity index (χ0) is 24.9. The van der Waals surface area contributed by atoms with Gasteiger partial charge in [-0.3, -0.25) is 0 Å². The molecule has 35 heavy (non-hydrogen) atoms. The van der Waals surface area contributed by atoms with Crippen molar-refractivity contribution in [2.45, 2.75) is 0 Å². The summed E-state index contributed by atoms with van der Waals surface area (Å²) in [5.74, 6) is 4.07. The fourth-order valence-corrected chi connectivity index (χ4v) is 5.11. The molecule has 0 aliphatic rings. The molecule has 0 fully saturated rings. The van der Waals surface area contributed by atoms with Crippen molar-refractivity contribution in [1.29, 1.82) is 0 Å². The zero-order valence-corrected chi connectivity index (χ0v) is 21.4. The van der Waals surface area contributed by atoms with Crippen LogP contribution in [0.25, 0.3) is 32.0 Å². The lowest BCUT2D eigenvalue weighted by atomic mass is 10.0. The highest BCUT2D eigenvalue weighted by molar-refractivity contribution is 7.19. The summed E-state index contributed by atoms with van der Waals surface area (Å²) in [7, 11) is 9.81. The van der Waals surface area contributed by atoms with Gasteiger partial charge in [-0.2, -0.15) is 0 Å². The Hall–Kier alpha value is -3.84. The summed E-state index contributed by atoms with van der Waals surface area (Å²) in [5, 5.41) is 0. The van der Waals surface area contributed by atoms with E-state index in [2.05, 4.69) is 6.07 Å². The monoisotopic (exact) mass is 492 g/mol. The first-order chi connectivity index (χ1) is 17.1. The summed E-state index contributed by atoms with van der Waals surface area (Å²) in [5.41, 5.74) is 4.12. The average molecular weight is 493 g/mol. The van der Waals surface area contributed by atoms with Gasteiger partial charge in [0.15, 0.2) is 34.5 Å². The molecule has 0 amide bonds. The standard InChI is InChI=1S/C28H28O6S/c1-29-21-10-7-17(13-24(21)32-4)20-16-27(18-8-11-22(30-2)25(14-18)33-5)35-28(20)19-9-12-23(31-3)26(15-19)34-6/h7-16H,1-6H3. The fraction of sp³-hybridized carbons (Fsp3) is 0.214. The van der Waals surface area contributed by atoms with Crippen LogP contribution in [0, 0.1) is 0 Å². The van der Waals surface area contributed by atoms with E-state index in [9.17, 15) is 0 Å². The highest BCUT2D eigenvalue weighted by atomic mass is 32.1. The first-order valence-corrected chi connectivity index (χ1v) is 11.7. The second-order valence-corrected chi connectivity index (χ2v) is 8.61. The third-order valence-electron chi connectivity index (χ3n) is 5.74. The second kappa shape index (κ2) is 10.6. The van der Waals surface area contributed by atoms with Crippen LogP contribution in [0.15, 0.2) is 60.7 Å². The van der Waals surface area contributed by atoms with E-state index >= 15 is 0 Å². The molecular weight excluding hydrogens is 464 g/mol. The Bertz CT molecular complexity index is 1250. The van der Waals surface area contributed by atoms with Crippen LogP contribution in [0.4, 0.5) is 0 Å². The Morgan fingerprint density at radius 2 is 0.829 bits per heavy atom. The quantitative estimate of drug-likeness (QED) is 0.256. The molecule has 0 bridgehead atoms. The normalized spacial score (nSPS) is 10.6. The van der Waals surface area contributed by atoms with Crippen LogP contribution in [-0.4, -0.2) is 42.7 Å². The van der Waals surface area contributed by atoms with Crippen molar-refractivity contribution in [2.75, 3.05) is 42.7 Å². The van der Waals surface area contributed by atoms with Gasteiger partial charge >= 0.3 is 0 Å². The van der Waals surface area contributed by atoms with Crippen molar-refractivity contribution in [3.8, 4) is 66.5 Å². The summed E-state index contributed by atoms with van der Waals surface area (Å²) in [6.45, 7) is 0. The molecule has 0 atom stereocenters. The van der Waals surface area contributed by atoms with Crippen LogP contribution in [0.3, 0.4) is 0 Å². The minimum Gasteiger partial charge on any atom is -0.493 e. The maximum atomic E-state index is 5.57. The van der Waals surface area contributed by atoms with E-state index in [-0.39, 0.29) is 0 Å². The predicted molar refractivity (Wildman–Crippen MR) is 140 cm³/mol. The molecule has 0 aliphatic carbocycles. The van der Waals surface area contributed by atoms with Gasteiger partial charge in [-0.05, 0) is 71.3 Å². The second-order valence-electron chi connectivity index (χ2n) is 7.56. The molecule has 0 saturated carbocycles. The van der Waals surface area contributed by atoms with Gasteiger partial charge in [0.05, 0.1) is 42.7 Å². The molecule has 1 heterocycles. The van der Waals surface area contributed by atoms with E-state index in [4.69, 9.17) is 28.4 Å². The third kappa shape index (κ3) is 4.72. The molecule has 3 aromatic carbocycles. The molecule has 0 radical (unpaired) electrons. The smallest absolute Gasteiger partial charge is 0.161 e. The molecule has 7 heteroatoms. The van der Waals surface area contributed by atoms with Gasteiger partial charge in [0.1, 0.15) is 0 Å². The number of ether oxygens (including phenoxy) is 6. The Balaban J connectivity index is 1.92. The van der Waals surface area contributed by atoms with Crippen LogP contribution < -0.4 is 28.4 Å². The van der Waals surface area contributed by atoms with Gasteiger partial charge in [-0.25, -0.2) is 0 Å².